The van der Waals surface area contributed by atoms with Crippen molar-refractivity contribution in [3.63, 3.8) is 0 Å². The fraction of sp³-hybridized carbons (Fsp3) is 0.611. The molecule has 0 radical (unpaired) electrons. The number of carbonyl (C=O) groups excluding carboxylic acids is 1. The number of amides is 1. The molecule has 1 unspecified atom stereocenters. The third-order valence-corrected chi connectivity index (χ3v) is 4.24. The first-order valence-electron chi connectivity index (χ1n) is 8.31. The molecule has 1 heterocycles. The molecule has 1 N–H and O–H groups in total. The summed E-state index contributed by atoms with van der Waals surface area (Å²) < 4.78 is 0. The summed E-state index contributed by atoms with van der Waals surface area (Å²) in [6, 6.07) is 7.77. The van der Waals surface area contributed by atoms with Crippen LogP contribution in [0.3, 0.4) is 0 Å². The number of nitrogens with zero attached hydrogens (tertiary/aromatic N) is 1. The van der Waals surface area contributed by atoms with Crippen molar-refractivity contribution in [1.29, 1.82) is 0 Å². The predicted molar refractivity (Wildman–Crippen MR) is 86.4 cm³/mol. The van der Waals surface area contributed by atoms with Gasteiger partial charge in [0.15, 0.2) is 0 Å². The van der Waals surface area contributed by atoms with E-state index in [-0.39, 0.29) is 5.91 Å². The lowest BCUT2D eigenvalue weighted by Gasteiger charge is -2.23. The molecule has 1 aliphatic heterocycles. The minimum absolute atomic E-state index is 0.202. The molecule has 0 fully saturated rings. The fourth-order valence-electron chi connectivity index (χ4n) is 3.01. The Morgan fingerprint density at radius 3 is 2.81 bits per heavy atom. The Labute approximate surface area is 128 Å². The summed E-state index contributed by atoms with van der Waals surface area (Å²) in [6.45, 7) is 2.92. The molecule has 2 rings (SSSR count). The number of aliphatic hydroxyl groups excluding tert-OH is 1. The standard InChI is InChI=1S/C18H27NO2/c1-2-3-4-5-6-13-18(21)19-14-9-12-17(20)15-10-7-8-11-16(15)19/h7-8,10-11,17,20H,2-6,9,12-14H2,1H3. The van der Waals surface area contributed by atoms with Crippen LogP contribution in [0.25, 0.3) is 0 Å². The number of rotatable bonds is 6. The summed E-state index contributed by atoms with van der Waals surface area (Å²) >= 11 is 0. The van der Waals surface area contributed by atoms with E-state index in [0.29, 0.717) is 6.42 Å². The van der Waals surface area contributed by atoms with E-state index in [0.717, 1.165) is 43.5 Å². The molecule has 0 saturated carbocycles. The number of aliphatic hydroxyl groups is 1. The Morgan fingerprint density at radius 1 is 1.24 bits per heavy atom. The van der Waals surface area contributed by atoms with Crippen molar-refractivity contribution in [2.24, 2.45) is 0 Å². The lowest BCUT2D eigenvalue weighted by molar-refractivity contribution is -0.118. The summed E-state index contributed by atoms with van der Waals surface area (Å²) in [5.74, 6) is 0.202. The second-order valence-corrected chi connectivity index (χ2v) is 5.93. The number of para-hydroxylation sites is 1. The van der Waals surface area contributed by atoms with Gasteiger partial charge in [-0.3, -0.25) is 4.79 Å². The average molecular weight is 289 g/mol. The van der Waals surface area contributed by atoms with Crippen LogP contribution >= 0.6 is 0 Å². The van der Waals surface area contributed by atoms with Gasteiger partial charge in [-0.15, -0.1) is 0 Å². The van der Waals surface area contributed by atoms with Gasteiger partial charge in [0.1, 0.15) is 0 Å². The Kier molecular flexibility index (Phi) is 6.24. The van der Waals surface area contributed by atoms with E-state index in [1.807, 2.05) is 29.2 Å². The molecule has 1 aliphatic rings. The van der Waals surface area contributed by atoms with Crippen molar-refractivity contribution >= 4 is 11.6 Å². The summed E-state index contributed by atoms with van der Waals surface area (Å²) in [6.07, 6.45) is 7.58. The Hall–Kier alpha value is -1.35. The van der Waals surface area contributed by atoms with Crippen molar-refractivity contribution in [2.75, 3.05) is 11.4 Å². The topological polar surface area (TPSA) is 40.5 Å². The Balaban J connectivity index is 1.98. The molecule has 0 bridgehead atoms. The van der Waals surface area contributed by atoms with Crippen LogP contribution in [0.5, 0.6) is 0 Å². The van der Waals surface area contributed by atoms with Gasteiger partial charge in [-0.1, -0.05) is 50.8 Å². The molecule has 3 nitrogen and oxygen atoms in total. The van der Waals surface area contributed by atoms with Crippen LogP contribution in [0, 0.1) is 0 Å². The molecule has 1 atom stereocenters. The highest BCUT2D eigenvalue weighted by Crippen LogP contribution is 2.33. The summed E-state index contributed by atoms with van der Waals surface area (Å²) in [7, 11) is 0. The smallest absolute Gasteiger partial charge is 0.226 e. The van der Waals surface area contributed by atoms with Gasteiger partial charge in [-0.25, -0.2) is 0 Å². The first kappa shape index (κ1) is 16.0. The summed E-state index contributed by atoms with van der Waals surface area (Å²) in [5.41, 5.74) is 1.80. The van der Waals surface area contributed by atoms with E-state index < -0.39 is 6.10 Å². The molecule has 3 heteroatoms. The van der Waals surface area contributed by atoms with E-state index >= 15 is 0 Å². The van der Waals surface area contributed by atoms with Gasteiger partial charge in [0.05, 0.1) is 6.10 Å². The number of anilines is 1. The van der Waals surface area contributed by atoms with Crippen LogP contribution in [0.1, 0.15) is 70.0 Å². The molecule has 1 amide bonds. The minimum atomic E-state index is -0.441. The number of unbranched alkanes of at least 4 members (excludes halogenated alkanes) is 4. The predicted octanol–water partition coefficient (Wildman–Crippen LogP) is 4.21. The highest BCUT2D eigenvalue weighted by Gasteiger charge is 2.24. The second kappa shape index (κ2) is 8.18. The lowest BCUT2D eigenvalue weighted by Crippen LogP contribution is -2.31. The maximum atomic E-state index is 12.5. The summed E-state index contributed by atoms with van der Waals surface area (Å²) in [4.78, 5) is 14.4. The number of benzene rings is 1. The van der Waals surface area contributed by atoms with Crippen molar-refractivity contribution in [2.45, 2.75) is 64.4 Å². The second-order valence-electron chi connectivity index (χ2n) is 5.93. The van der Waals surface area contributed by atoms with E-state index in [1.54, 1.807) is 0 Å². The number of hydrogen-bond donors (Lipinski definition) is 1. The minimum Gasteiger partial charge on any atom is -0.388 e. The third kappa shape index (κ3) is 4.31. The molecule has 0 aromatic heterocycles. The normalized spacial score (nSPS) is 18.2. The van der Waals surface area contributed by atoms with Crippen LogP contribution in [0.4, 0.5) is 5.69 Å². The van der Waals surface area contributed by atoms with Crippen LogP contribution in [-0.4, -0.2) is 17.6 Å². The van der Waals surface area contributed by atoms with Gasteiger partial charge in [0, 0.05) is 24.2 Å². The molecular weight excluding hydrogens is 262 g/mol. The maximum absolute atomic E-state index is 12.5. The van der Waals surface area contributed by atoms with Gasteiger partial charge in [-0.2, -0.15) is 0 Å². The molecule has 0 spiro atoms. The SMILES string of the molecule is CCCCCCCC(=O)N1CCCC(O)c2ccccc21. The van der Waals surface area contributed by atoms with E-state index in [2.05, 4.69) is 6.92 Å². The molecule has 0 saturated heterocycles. The molecule has 0 aliphatic carbocycles. The van der Waals surface area contributed by atoms with Crippen LogP contribution < -0.4 is 4.90 Å². The largest absolute Gasteiger partial charge is 0.388 e. The van der Waals surface area contributed by atoms with Gasteiger partial charge >= 0.3 is 0 Å². The molecule has 1 aromatic carbocycles. The summed E-state index contributed by atoms with van der Waals surface area (Å²) in [5, 5.41) is 10.2. The van der Waals surface area contributed by atoms with E-state index in [9.17, 15) is 9.90 Å². The van der Waals surface area contributed by atoms with Crippen LogP contribution in [0.2, 0.25) is 0 Å². The lowest BCUT2D eigenvalue weighted by atomic mass is 10.0. The average Bonchev–Trinajstić information content (AvgIpc) is 2.67. The van der Waals surface area contributed by atoms with Crippen molar-refractivity contribution in [1.82, 2.24) is 0 Å². The van der Waals surface area contributed by atoms with Crippen LogP contribution in [-0.2, 0) is 4.79 Å². The zero-order chi connectivity index (χ0) is 15.1. The quantitative estimate of drug-likeness (QED) is 0.797. The zero-order valence-corrected chi connectivity index (χ0v) is 13.1. The number of carbonyl (C=O) groups is 1. The molecule has 116 valence electrons. The van der Waals surface area contributed by atoms with Gasteiger partial charge < -0.3 is 10.0 Å². The zero-order valence-electron chi connectivity index (χ0n) is 13.1. The Bertz CT molecular complexity index is 458. The van der Waals surface area contributed by atoms with Gasteiger partial charge in [-0.05, 0) is 25.3 Å². The third-order valence-electron chi connectivity index (χ3n) is 4.24. The maximum Gasteiger partial charge on any atom is 0.226 e. The highest BCUT2D eigenvalue weighted by atomic mass is 16.3. The van der Waals surface area contributed by atoms with Gasteiger partial charge in [0.25, 0.3) is 0 Å². The van der Waals surface area contributed by atoms with E-state index in [4.69, 9.17) is 0 Å². The first-order chi connectivity index (χ1) is 10.2. The fourth-order valence-corrected chi connectivity index (χ4v) is 3.01. The van der Waals surface area contributed by atoms with E-state index in [1.165, 1.54) is 19.3 Å². The first-order valence-corrected chi connectivity index (χ1v) is 8.31. The van der Waals surface area contributed by atoms with Crippen molar-refractivity contribution < 1.29 is 9.90 Å². The monoisotopic (exact) mass is 289 g/mol. The van der Waals surface area contributed by atoms with Crippen molar-refractivity contribution in [3.8, 4) is 0 Å². The molecule has 1 aromatic rings. The number of hydrogen-bond acceptors (Lipinski definition) is 2. The molecular formula is C18H27NO2. The van der Waals surface area contributed by atoms with Gasteiger partial charge in [0.2, 0.25) is 5.91 Å². The van der Waals surface area contributed by atoms with Crippen LogP contribution in [0.15, 0.2) is 24.3 Å². The number of fused-ring (bicyclic) bond motifs is 1. The molecule has 21 heavy (non-hydrogen) atoms. The Morgan fingerprint density at radius 2 is 2.00 bits per heavy atom. The van der Waals surface area contributed by atoms with Crippen molar-refractivity contribution in [3.05, 3.63) is 29.8 Å². The highest BCUT2D eigenvalue weighted by molar-refractivity contribution is 5.94.